The van der Waals surface area contributed by atoms with Crippen LogP contribution in [-0.4, -0.2) is 28.7 Å². The fourth-order valence-electron chi connectivity index (χ4n) is 0.952. The van der Waals surface area contributed by atoms with Crippen LogP contribution in [0.25, 0.3) is 0 Å². The minimum Gasteiger partial charge on any atom is -0.340 e. The molecular formula is C9H12Cl2N2O. The van der Waals surface area contributed by atoms with Gasteiger partial charge in [0.2, 0.25) is 5.91 Å². The maximum Gasteiger partial charge on any atom is 0.237 e. The smallest absolute Gasteiger partial charge is 0.237 e. The molecular weight excluding hydrogens is 223 g/mol. The van der Waals surface area contributed by atoms with E-state index in [1.807, 2.05) is 12.1 Å². The van der Waals surface area contributed by atoms with Crippen molar-refractivity contribution in [2.45, 2.75) is 6.54 Å². The topological polar surface area (TPSA) is 33.2 Å². The molecule has 0 saturated heterocycles. The number of hydrogen-bond acceptors (Lipinski definition) is 2. The first kappa shape index (κ1) is 13.2. The predicted octanol–water partition coefficient (Wildman–Crippen LogP) is 1.70. The summed E-state index contributed by atoms with van der Waals surface area (Å²) in [4.78, 5) is 16.6. The van der Waals surface area contributed by atoms with E-state index in [2.05, 4.69) is 4.98 Å². The molecule has 0 aliphatic rings. The summed E-state index contributed by atoms with van der Waals surface area (Å²) in [7, 11) is 1.73. The van der Waals surface area contributed by atoms with Crippen LogP contribution in [0.3, 0.4) is 0 Å². The van der Waals surface area contributed by atoms with Crippen LogP contribution in [0.2, 0.25) is 0 Å². The molecule has 0 saturated carbocycles. The first-order valence-corrected chi connectivity index (χ1v) is 4.46. The highest BCUT2D eigenvalue weighted by atomic mass is 35.5. The summed E-state index contributed by atoms with van der Waals surface area (Å²) >= 11 is 5.41. The number of amides is 1. The summed E-state index contributed by atoms with van der Waals surface area (Å²) in [5.41, 5.74) is 1.05. The van der Waals surface area contributed by atoms with Crippen molar-refractivity contribution in [2.75, 3.05) is 12.9 Å². The molecule has 1 heterocycles. The van der Waals surface area contributed by atoms with Crippen LogP contribution in [0.5, 0.6) is 0 Å². The van der Waals surface area contributed by atoms with Crippen LogP contribution in [0, 0.1) is 0 Å². The summed E-state index contributed by atoms with van der Waals surface area (Å²) in [6.07, 6.45) is 3.41. The minimum absolute atomic E-state index is 0. The number of carbonyl (C=O) groups excluding carboxylic acids is 1. The van der Waals surface area contributed by atoms with Gasteiger partial charge < -0.3 is 4.90 Å². The molecule has 0 fully saturated rings. The molecule has 0 spiro atoms. The van der Waals surface area contributed by atoms with E-state index in [9.17, 15) is 4.79 Å². The number of halogens is 2. The Kier molecular flexibility index (Phi) is 6.25. The largest absolute Gasteiger partial charge is 0.340 e. The third-order valence-electron chi connectivity index (χ3n) is 1.71. The van der Waals surface area contributed by atoms with Crippen molar-refractivity contribution >= 4 is 29.9 Å². The monoisotopic (exact) mass is 234 g/mol. The Balaban J connectivity index is 0.00000169. The van der Waals surface area contributed by atoms with Gasteiger partial charge in [0, 0.05) is 26.0 Å². The third-order valence-corrected chi connectivity index (χ3v) is 1.94. The fourth-order valence-corrected chi connectivity index (χ4v) is 1.16. The lowest BCUT2D eigenvalue weighted by Crippen LogP contribution is -2.26. The normalized spacial score (nSPS) is 9.00. The van der Waals surface area contributed by atoms with E-state index in [1.165, 1.54) is 0 Å². The molecule has 1 rings (SSSR count). The van der Waals surface area contributed by atoms with Gasteiger partial charge in [-0.15, -0.1) is 24.0 Å². The molecule has 0 bridgehead atoms. The van der Waals surface area contributed by atoms with E-state index in [1.54, 1.807) is 24.3 Å². The average Bonchev–Trinajstić information content (AvgIpc) is 2.18. The second-order valence-electron chi connectivity index (χ2n) is 2.74. The van der Waals surface area contributed by atoms with Crippen molar-refractivity contribution in [1.82, 2.24) is 9.88 Å². The molecule has 0 unspecified atom stereocenters. The summed E-state index contributed by atoms with van der Waals surface area (Å²) in [6, 6.07) is 3.75. The van der Waals surface area contributed by atoms with Gasteiger partial charge in [-0.3, -0.25) is 9.78 Å². The summed E-state index contributed by atoms with van der Waals surface area (Å²) in [6.45, 7) is 0.577. The second kappa shape index (κ2) is 6.62. The highest BCUT2D eigenvalue weighted by Gasteiger charge is 2.06. The first-order valence-electron chi connectivity index (χ1n) is 3.93. The zero-order valence-electron chi connectivity index (χ0n) is 7.81. The van der Waals surface area contributed by atoms with Gasteiger partial charge in [0.1, 0.15) is 5.88 Å². The Morgan fingerprint density at radius 2 is 2.07 bits per heavy atom. The van der Waals surface area contributed by atoms with Crippen molar-refractivity contribution in [2.24, 2.45) is 0 Å². The van der Waals surface area contributed by atoms with E-state index in [0.717, 1.165) is 5.56 Å². The molecule has 1 aromatic heterocycles. The summed E-state index contributed by atoms with van der Waals surface area (Å²) < 4.78 is 0. The number of aromatic nitrogens is 1. The van der Waals surface area contributed by atoms with Crippen molar-refractivity contribution in [3.63, 3.8) is 0 Å². The van der Waals surface area contributed by atoms with Crippen molar-refractivity contribution in [1.29, 1.82) is 0 Å². The number of rotatable bonds is 3. The van der Waals surface area contributed by atoms with E-state index in [4.69, 9.17) is 11.6 Å². The van der Waals surface area contributed by atoms with E-state index < -0.39 is 0 Å². The van der Waals surface area contributed by atoms with Gasteiger partial charge in [-0.2, -0.15) is 0 Å². The number of alkyl halides is 1. The van der Waals surface area contributed by atoms with Gasteiger partial charge in [0.05, 0.1) is 0 Å². The predicted molar refractivity (Wildman–Crippen MR) is 58.7 cm³/mol. The molecule has 0 N–H and O–H groups in total. The number of carbonyl (C=O) groups is 1. The standard InChI is InChI=1S/C9H11ClN2O.ClH/c1-12(9(13)6-10)7-8-2-4-11-5-3-8;/h2-5H,6-7H2,1H3;1H. The molecule has 0 aliphatic carbocycles. The zero-order chi connectivity index (χ0) is 9.68. The highest BCUT2D eigenvalue weighted by Crippen LogP contribution is 2.01. The zero-order valence-corrected chi connectivity index (χ0v) is 9.38. The molecule has 0 radical (unpaired) electrons. The van der Waals surface area contributed by atoms with Gasteiger partial charge in [0.25, 0.3) is 0 Å². The highest BCUT2D eigenvalue weighted by molar-refractivity contribution is 6.27. The van der Waals surface area contributed by atoms with Gasteiger partial charge >= 0.3 is 0 Å². The molecule has 3 nitrogen and oxygen atoms in total. The van der Waals surface area contributed by atoms with Crippen LogP contribution in [0.4, 0.5) is 0 Å². The number of pyridine rings is 1. The molecule has 0 aliphatic heterocycles. The SMILES string of the molecule is CN(Cc1ccncc1)C(=O)CCl.Cl. The third kappa shape index (κ3) is 3.94. The average molecular weight is 235 g/mol. The van der Waals surface area contributed by atoms with E-state index in [0.29, 0.717) is 6.54 Å². The molecule has 1 amide bonds. The molecule has 78 valence electrons. The Hall–Kier alpha value is -0.800. The first-order chi connectivity index (χ1) is 6.24. The van der Waals surface area contributed by atoms with E-state index >= 15 is 0 Å². The minimum atomic E-state index is -0.0709. The van der Waals surface area contributed by atoms with Crippen LogP contribution in [0.1, 0.15) is 5.56 Å². The number of nitrogens with zero attached hydrogens (tertiary/aromatic N) is 2. The van der Waals surface area contributed by atoms with Crippen LogP contribution < -0.4 is 0 Å². The van der Waals surface area contributed by atoms with Crippen LogP contribution in [-0.2, 0) is 11.3 Å². The molecule has 1 aromatic rings. The van der Waals surface area contributed by atoms with E-state index in [-0.39, 0.29) is 24.2 Å². The molecule has 0 aromatic carbocycles. The van der Waals surface area contributed by atoms with Gasteiger partial charge in [-0.25, -0.2) is 0 Å². The van der Waals surface area contributed by atoms with Gasteiger partial charge in [0.15, 0.2) is 0 Å². The lowest BCUT2D eigenvalue weighted by Gasteiger charge is -2.15. The Bertz CT molecular complexity index is 279. The van der Waals surface area contributed by atoms with Gasteiger partial charge in [-0.05, 0) is 17.7 Å². The fraction of sp³-hybridized carbons (Fsp3) is 0.333. The van der Waals surface area contributed by atoms with Gasteiger partial charge in [-0.1, -0.05) is 0 Å². The summed E-state index contributed by atoms with van der Waals surface area (Å²) in [5.74, 6) is -0.0415. The van der Waals surface area contributed by atoms with Crippen molar-refractivity contribution < 1.29 is 4.79 Å². The molecule has 5 heteroatoms. The Morgan fingerprint density at radius 3 is 2.57 bits per heavy atom. The van der Waals surface area contributed by atoms with Crippen molar-refractivity contribution in [3.8, 4) is 0 Å². The lowest BCUT2D eigenvalue weighted by atomic mass is 10.2. The maximum absolute atomic E-state index is 11.1. The lowest BCUT2D eigenvalue weighted by molar-refractivity contribution is -0.127. The second-order valence-corrected chi connectivity index (χ2v) is 3.01. The molecule has 0 atom stereocenters. The molecule has 14 heavy (non-hydrogen) atoms. The van der Waals surface area contributed by atoms with Crippen LogP contribution in [0.15, 0.2) is 24.5 Å². The summed E-state index contributed by atoms with van der Waals surface area (Å²) in [5, 5.41) is 0. The Morgan fingerprint density at radius 1 is 1.50 bits per heavy atom. The number of hydrogen-bond donors (Lipinski definition) is 0. The van der Waals surface area contributed by atoms with Crippen molar-refractivity contribution in [3.05, 3.63) is 30.1 Å². The Labute approximate surface area is 94.5 Å². The maximum atomic E-state index is 11.1. The quantitative estimate of drug-likeness (QED) is 0.747. The van der Waals surface area contributed by atoms with Crippen LogP contribution >= 0.6 is 24.0 Å².